The molecule has 1 aliphatic heterocycles. The number of benzene rings is 2. The molecular formula is C17H16ClNO4S. The molecule has 1 aliphatic rings. The molecule has 7 heteroatoms. The zero-order valence-corrected chi connectivity index (χ0v) is 14.3. The Morgan fingerprint density at radius 3 is 2.25 bits per heavy atom. The summed E-state index contributed by atoms with van der Waals surface area (Å²) in [6.45, 7) is 1.10. The maximum Gasteiger partial charge on any atom is 0.335 e. The van der Waals surface area contributed by atoms with E-state index in [0.717, 1.165) is 12.8 Å². The van der Waals surface area contributed by atoms with Crippen LogP contribution in [0.2, 0.25) is 5.02 Å². The molecule has 0 bridgehead atoms. The first-order valence-corrected chi connectivity index (χ1v) is 9.35. The molecule has 3 rings (SSSR count). The van der Waals surface area contributed by atoms with Gasteiger partial charge in [-0.3, -0.25) is 0 Å². The van der Waals surface area contributed by atoms with Gasteiger partial charge in [-0.2, -0.15) is 4.31 Å². The van der Waals surface area contributed by atoms with E-state index < -0.39 is 16.0 Å². The molecule has 1 heterocycles. The summed E-state index contributed by atoms with van der Waals surface area (Å²) in [5.41, 5.74) is 1.35. The number of halogens is 1. The average Bonchev–Trinajstić information content (AvgIpc) is 3.10. The highest BCUT2D eigenvalue weighted by molar-refractivity contribution is 7.89. The van der Waals surface area contributed by atoms with Crippen LogP contribution in [0.5, 0.6) is 0 Å². The Labute approximate surface area is 145 Å². The van der Waals surface area contributed by atoms with Crippen molar-refractivity contribution in [2.75, 3.05) is 13.1 Å². The number of carboxylic acids is 1. The Balaban J connectivity index is 1.95. The molecule has 1 N–H and O–H groups in total. The van der Waals surface area contributed by atoms with E-state index in [4.69, 9.17) is 16.7 Å². The summed E-state index contributed by atoms with van der Waals surface area (Å²) in [5, 5.41) is 9.50. The Morgan fingerprint density at radius 2 is 1.67 bits per heavy atom. The fourth-order valence-electron chi connectivity index (χ4n) is 2.76. The van der Waals surface area contributed by atoms with Gasteiger partial charge in [0.05, 0.1) is 10.5 Å². The third-order valence-electron chi connectivity index (χ3n) is 4.08. The molecule has 0 aliphatic carbocycles. The first-order chi connectivity index (χ1) is 11.4. The Bertz CT molecular complexity index is 872. The van der Waals surface area contributed by atoms with Crippen molar-refractivity contribution < 1.29 is 18.3 Å². The van der Waals surface area contributed by atoms with E-state index in [9.17, 15) is 13.2 Å². The molecule has 0 unspecified atom stereocenters. The van der Waals surface area contributed by atoms with E-state index in [1.165, 1.54) is 34.6 Å². The minimum Gasteiger partial charge on any atom is -0.478 e. The molecule has 1 saturated heterocycles. The molecule has 24 heavy (non-hydrogen) atoms. The van der Waals surface area contributed by atoms with Crippen LogP contribution in [0.25, 0.3) is 11.1 Å². The Morgan fingerprint density at radius 1 is 1.04 bits per heavy atom. The Kier molecular flexibility index (Phi) is 4.62. The molecular weight excluding hydrogens is 350 g/mol. The van der Waals surface area contributed by atoms with Crippen molar-refractivity contribution in [3.05, 3.63) is 53.1 Å². The summed E-state index contributed by atoms with van der Waals surface area (Å²) >= 11 is 6.15. The number of hydrogen-bond donors (Lipinski definition) is 1. The summed E-state index contributed by atoms with van der Waals surface area (Å²) in [4.78, 5) is 11.3. The first kappa shape index (κ1) is 17.0. The van der Waals surface area contributed by atoms with Gasteiger partial charge in [0.15, 0.2) is 0 Å². The lowest BCUT2D eigenvalue weighted by Crippen LogP contribution is -2.27. The minimum atomic E-state index is -3.46. The van der Waals surface area contributed by atoms with Crippen molar-refractivity contribution >= 4 is 27.6 Å². The van der Waals surface area contributed by atoms with Crippen LogP contribution < -0.4 is 0 Å². The fourth-order valence-corrected chi connectivity index (χ4v) is 4.51. The van der Waals surface area contributed by atoms with Gasteiger partial charge in [0, 0.05) is 23.7 Å². The molecule has 2 aromatic rings. The van der Waals surface area contributed by atoms with Gasteiger partial charge in [0.25, 0.3) is 0 Å². The van der Waals surface area contributed by atoms with Gasteiger partial charge in [-0.1, -0.05) is 23.7 Å². The average molecular weight is 366 g/mol. The highest BCUT2D eigenvalue weighted by atomic mass is 35.5. The molecule has 0 saturated carbocycles. The molecule has 0 spiro atoms. The highest BCUT2D eigenvalue weighted by Gasteiger charge is 2.27. The van der Waals surface area contributed by atoms with Crippen molar-refractivity contribution in [2.45, 2.75) is 17.7 Å². The van der Waals surface area contributed by atoms with E-state index >= 15 is 0 Å². The largest absolute Gasteiger partial charge is 0.478 e. The summed E-state index contributed by atoms with van der Waals surface area (Å²) in [6, 6.07) is 10.8. The SMILES string of the molecule is O=C(O)c1ccc(Cl)c(-c2ccc(S(=O)(=O)N3CCCC3)cc2)c1. The molecule has 0 radical (unpaired) electrons. The van der Waals surface area contributed by atoms with Crippen LogP contribution in [0.3, 0.4) is 0 Å². The predicted molar refractivity (Wildman–Crippen MR) is 91.8 cm³/mol. The highest BCUT2D eigenvalue weighted by Crippen LogP contribution is 2.30. The Hall–Kier alpha value is -1.89. The molecule has 0 aromatic heterocycles. The molecule has 0 amide bonds. The van der Waals surface area contributed by atoms with Gasteiger partial charge in [-0.25, -0.2) is 13.2 Å². The number of aromatic carboxylic acids is 1. The zero-order valence-electron chi connectivity index (χ0n) is 12.8. The lowest BCUT2D eigenvalue weighted by atomic mass is 10.0. The van der Waals surface area contributed by atoms with Crippen molar-refractivity contribution in [3.8, 4) is 11.1 Å². The minimum absolute atomic E-state index is 0.128. The third-order valence-corrected chi connectivity index (χ3v) is 6.32. The van der Waals surface area contributed by atoms with Crippen molar-refractivity contribution in [1.82, 2.24) is 4.31 Å². The van der Waals surface area contributed by atoms with Gasteiger partial charge in [0.2, 0.25) is 10.0 Å². The van der Waals surface area contributed by atoms with Crippen LogP contribution in [0.4, 0.5) is 0 Å². The van der Waals surface area contributed by atoms with E-state index in [0.29, 0.717) is 29.2 Å². The lowest BCUT2D eigenvalue weighted by molar-refractivity contribution is 0.0697. The first-order valence-electron chi connectivity index (χ1n) is 7.53. The van der Waals surface area contributed by atoms with Gasteiger partial charge in [-0.15, -0.1) is 0 Å². The van der Waals surface area contributed by atoms with Crippen LogP contribution in [0.15, 0.2) is 47.4 Å². The smallest absolute Gasteiger partial charge is 0.335 e. The van der Waals surface area contributed by atoms with Crippen molar-refractivity contribution in [3.63, 3.8) is 0 Å². The van der Waals surface area contributed by atoms with Crippen LogP contribution in [-0.2, 0) is 10.0 Å². The predicted octanol–water partition coefficient (Wildman–Crippen LogP) is 3.49. The second-order valence-electron chi connectivity index (χ2n) is 5.64. The van der Waals surface area contributed by atoms with Gasteiger partial charge < -0.3 is 5.11 Å². The van der Waals surface area contributed by atoms with Gasteiger partial charge in [-0.05, 0) is 48.7 Å². The third kappa shape index (κ3) is 3.17. The molecule has 1 fully saturated rings. The second kappa shape index (κ2) is 6.55. The molecule has 0 atom stereocenters. The fraction of sp³-hybridized carbons (Fsp3) is 0.235. The number of rotatable bonds is 4. The lowest BCUT2D eigenvalue weighted by Gasteiger charge is -2.15. The van der Waals surface area contributed by atoms with Crippen LogP contribution >= 0.6 is 11.6 Å². The van der Waals surface area contributed by atoms with E-state index in [1.807, 2.05) is 0 Å². The topological polar surface area (TPSA) is 74.7 Å². The summed E-state index contributed by atoms with van der Waals surface area (Å²) in [7, 11) is -3.46. The second-order valence-corrected chi connectivity index (χ2v) is 7.98. The monoisotopic (exact) mass is 365 g/mol. The van der Waals surface area contributed by atoms with Gasteiger partial charge in [0.1, 0.15) is 0 Å². The number of carbonyl (C=O) groups is 1. The number of carboxylic acid groups (broad SMARTS) is 1. The normalized spacial score (nSPS) is 15.5. The molecule has 2 aromatic carbocycles. The van der Waals surface area contributed by atoms with Crippen molar-refractivity contribution in [1.29, 1.82) is 0 Å². The van der Waals surface area contributed by atoms with Crippen LogP contribution in [0.1, 0.15) is 23.2 Å². The summed E-state index contributed by atoms with van der Waals surface area (Å²) in [6.07, 6.45) is 1.77. The van der Waals surface area contributed by atoms with Crippen molar-refractivity contribution in [2.24, 2.45) is 0 Å². The number of sulfonamides is 1. The van der Waals surface area contributed by atoms with E-state index in [2.05, 4.69) is 0 Å². The van der Waals surface area contributed by atoms with Crippen LogP contribution in [-0.4, -0.2) is 36.9 Å². The zero-order chi connectivity index (χ0) is 17.3. The quantitative estimate of drug-likeness (QED) is 0.899. The van der Waals surface area contributed by atoms with Gasteiger partial charge >= 0.3 is 5.97 Å². The maximum atomic E-state index is 12.5. The van der Waals surface area contributed by atoms with Crippen LogP contribution in [0, 0.1) is 0 Å². The standard InChI is InChI=1S/C17H16ClNO4S/c18-16-8-5-13(17(20)21)11-15(16)12-3-6-14(7-4-12)24(22,23)19-9-1-2-10-19/h3-8,11H,1-2,9-10H2,(H,20,21). The number of hydrogen-bond acceptors (Lipinski definition) is 3. The molecule has 5 nitrogen and oxygen atoms in total. The summed E-state index contributed by atoms with van der Waals surface area (Å²) in [5.74, 6) is -1.04. The molecule has 126 valence electrons. The van der Waals surface area contributed by atoms with E-state index in [1.54, 1.807) is 12.1 Å². The summed E-state index contributed by atoms with van der Waals surface area (Å²) < 4.78 is 26.5. The number of nitrogens with zero attached hydrogens (tertiary/aromatic N) is 1. The van der Waals surface area contributed by atoms with E-state index in [-0.39, 0.29) is 10.5 Å². The maximum absolute atomic E-state index is 12.5.